The number of rotatable bonds is 4. The zero-order valence-corrected chi connectivity index (χ0v) is 10.8. The van der Waals surface area contributed by atoms with Crippen molar-refractivity contribution in [1.29, 1.82) is 0 Å². The van der Waals surface area contributed by atoms with E-state index in [1.54, 1.807) is 17.5 Å². The van der Waals surface area contributed by atoms with Crippen molar-refractivity contribution in [1.82, 2.24) is 9.97 Å². The van der Waals surface area contributed by atoms with E-state index in [4.69, 9.17) is 4.74 Å². The van der Waals surface area contributed by atoms with Crippen LogP contribution in [0.5, 0.6) is 0 Å². The molecule has 1 atom stereocenters. The predicted molar refractivity (Wildman–Crippen MR) is 72.8 cm³/mol. The zero-order chi connectivity index (χ0) is 12.2. The average molecular weight is 261 g/mol. The smallest absolute Gasteiger partial charge is 0.183 e. The molecule has 1 fully saturated rings. The Balaban J connectivity index is 1.63. The second kappa shape index (κ2) is 5.46. The molecule has 0 unspecified atom stereocenters. The number of nitrogens with one attached hydrogen (secondary N) is 1. The van der Waals surface area contributed by atoms with E-state index in [9.17, 15) is 0 Å². The first kappa shape index (κ1) is 11.6. The maximum atomic E-state index is 5.57. The SMILES string of the molecule is c1cncc(-c2csc(NC[C@@H]3CCCO3)n2)c1. The van der Waals surface area contributed by atoms with Gasteiger partial charge in [0.1, 0.15) is 0 Å². The van der Waals surface area contributed by atoms with Crippen molar-refractivity contribution in [2.45, 2.75) is 18.9 Å². The predicted octanol–water partition coefficient (Wildman–Crippen LogP) is 2.80. The Morgan fingerprint density at radius 3 is 3.28 bits per heavy atom. The standard InChI is InChI=1S/C13H15N3OS/c1-3-10(7-14-5-1)12-9-18-13(16-12)15-8-11-4-2-6-17-11/h1,3,5,7,9,11H,2,4,6,8H2,(H,15,16)/t11-/m0/s1. The summed E-state index contributed by atoms with van der Waals surface area (Å²) in [5.74, 6) is 0. The fourth-order valence-electron chi connectivity index (χ4n) is 2.01. The van der Waals surface area contributed by atoms with Crippen molar-refractivity contribution in [2.24, 2.45) is 0 Å². The van der Waals surface area contributed by atoms with Gasteiger partial charge in [-0.1, -0.05) is 0 Å². The van der Waals surface area contributed by atoms with Crippen LogP contribution in [-0.2, 0) is 4.74 Å². The molecule has 1 N–H and O–H groups in total. The molecule has 94 valence electrons. The third kappa shape index (κ3) is 2.68. The van der Waals surface area contributed by atoms with E-state index < -0.39 is 0 Å². The molecule has 0 bridgehead atoms. The normalized spacial score (nSPS) is 19.0. The number of hydrogen-bond donors (Lipinski definition) is 1. The van der Waals surface area contributed by atoms with Crippen LogP contribution in [0.15, 0.2) is 29.9 Å². The molecule has 0 aromatic carbocycles. The highest BCUT2D eigenvalue weighted by Gasteiger charge is 2.15. The van der Waals surface area contributed by atoms with E-state index in [2.05, 4.69) is 20.7 Å². The quantitative estimate of drug-likeness (QED) is 0.919. The van der Waals surface area contributed by atoms with Gasteiger partial charge < -0.3 is 10.1 Å². The van der Waals surface area contributed by atoms with E-state index in [1.165, 1.54) is 6.42 Å². The molecule has 1 aliphatic rings. The van der Waals surface area contributed by atoms with Crippen LogP contribution in [0.1, 0.15) is 12.8 Å². The summed E-state index contributed by atoms with van der Waals surface area (Å²) in [5.41, 5.74) is 2.03. The lowest BCUT2D eigenvalue weighted by Crippen LogP contribution is -2.18. The third-order valence-corrected chi connectivity index (χ3v) is 3.77. The molecule has 0 radical (unpaired) electrons. The lowest BCUT2D eigenvalue weighted by molar-refractivity contribution is 0.120. The molecule has 4 nitrogen and oxygen atoms in total. The summed E-state index contributed by atoms with van der Waals surface area (Å²) in [7, 11) is 0. The Bertz CT molecular complexity index is 494. The number of nitrogens with zero attached hydrogens (tertiary/aromatic N) is 2. The van der Waals surface area contributed by atoms with Crippen LogP contribution in [0.2, 0.25) is 0 Å². The second-order valence-corrected chi connectivity index (χ2v) is 5.15. The summed E-state index contributed by atoms with van der Waals surface area (Å²) in [6.45, 7) is 1.74. The van der Waals surface area contributed by atoms with Gasteiger partial charge >= 0.3 is 0 Å². The van der Waals surface area contributed by atoms with Gasteiger partial charge in [0.05, 0.1) is 11.8 Å². The van der Waals surface area contributed by atoms with Gasteiger partial charge in [0.2, 0.25) is 0 Å². The zero-order valence-electron chi connectivity index (χ0n) is 10.0. The van der Waals surface area contributed by atoms with Crippen LogP contribution < -0.4 is 5.32 Å². The Hall–Kier alpha value is -1.46. The average Bonchev–Trinajstić information content (AvgIpc) is 3.09. The first-order valence-corrected chi connectivity index (χ1v) is 7.01. The number of anilines is 1. The van der Waals surface area contributed by atoms with E-state index in [0.717, 1.165) is 36.0 Å². The Morgan fingerprint density at radius 2 is 2.50 bits per heavy atom. The maximum Gasteiger partial charge on any atom is 0.183 e. The van der Waals surface area contributed by atoms with Crippen molar-refractivity contribution < 1.29 is 4.74 Å². The molecule has 2 aromatic heterocycles. The minimum absolute atomic E-state index is 0.343. The van der Waals surface area contributed by atoms with Crippen molar-refractivity contribution >= 4 is 16.5 Å². The highest BCUT2D eigenvalue weighted by atomic mass is 32.1. The van der Waals surface area contributed by atoms with Gasteiger partial charge in [0.25, 0.3) is 0 Å². The third-order valence-electron chi connectivity index (χ3n) is 2.97. The molecule has 18 heavy (non-hydrogen) atoms. The summed E-state index contributed by atoms with van der Waals surface area (Å²) in [5, 5.41) is 6.34. The number of thiazole rings is 1. The summed E-state index contributed by atoms with van der Waals surface area (Å²) in [4.78, 5) is 8.66. The van der Waals surface area contributed by atoms with Gasteiger partial charge in [-0.15, -0.1) is 11.3 Å². The lowest BCUT2D eigenvalue weighted by Gasteiger charge is -2.09. The Kier molecular flexibility index (Phi) is 3.52. The number of pyridine rings is 1. The maximum absolute atomic E-state index is 5.57. The first-order chi connectivity index (χ1) is 8.92. The van der Waals surface area contributed by atoms with Crippen LogP contribution in [0.4, 0.5) is 5.13 Å². The van der Waals surface area contributed by atoms with E-state index in [0.29, 0.717) is 6.10 Å². The Morgan fingerprint density at radius 1 is 1.50 bits per heavy atom. The molecular formula is C13H15N3OS. The topological polar surface area (TPSA) is 47.0 Å². The molecule has 0 saturated carbocycles. The number of aromatic nitrogens is 2. The van der Waals surface area contributed by atoms with Gasteiger partial charge in [0.15, 0.2) is 5.13 Å². The van der Waals surface area contributed by atoms with Crippen LogP contribution in [0.25, 0.3) is 11.3 Å². The van der Waals surface area contributed by atoms with Gasteiger partial charge in [-0.25, -0.2) is 4.98 Å². The fourth-order valence-corrected chi connectivity index (χ4v) is 2.74. The fraction of sp³-hybridized carbons (Fsp3) is 0.385. The molecule has 1 aliphatic heterocycles. The Labute approximate surface area is 110 Å². The molecule has 3 heterocycles. The van der Waals surface area contributed by atoms with Crippen LogP contribution >= 0.6 is 11.3 Å². The van der Waals surface area contributed by atoms with Crippen molar-refractivity contribution in [2.75, 3.05) is 18.5 Å². The van der Waals surface area contributed by atoms with Crippen LogP contribution in [0.3, 0.4) is 0 Å². The summed E-state index contributed by atoms with van der Waals surface area (Å²) >= 11 is 1.62. The molecule has 0 spiro atoms. The number of ether oxygens (including phenoxy) is 1. The largest absolute Gasteiger partial charge is 0.376 e. The van der Waals surface area contributed by atoms with Crippen molar-refractivity contribution in [3.63, 3.8) is 0 Å². The van der Waals surface area contributed by atoms with Crippen molar-refractivity contribution in [3.8, 4) is 11.3 Å². The van der Waals surface area contributed by atoms with E-state index in [1.807, 2.05) is 18.3 Å². The summed E-state index contributed by atoms with van der Waals surface area (Å²) in [6, 6.07) is 3.94. The lowest BCUT2D eigenvalue weighted by atomic mass is 10.2. The summed E-state index contributed by atoms with van der Waals surface area (Å²) < 4.78 is 5.57. The van der Waals surface area contributed by atoms with Gasteiger partial charge in [-0.3, -0.25) is 4.98 Å². The van der Waals surface area contributed by atoms with E-state index >= 15 is 0 Å². The molecule has 3 rings (SSSR count). The molecule has 5 heteroatoms. The second-order valence-electron chi connectivity index (χ2n) is 4.30. The molecule has 2 aromatic rings. The highest BCUT2D eigenvalue weighted by molar-refractivity contribution is 7.14. The monoisotopic (exact) mass is 261 g/mol. The van der Waals surface area contributed by atoms with Gasteiger partial charge in [-0.05, 0) is 25.0 Å². The minimum Gasteiger partial charge on any atom is -0.376 e. The first-order valence-electron chi connectivity index (χ1n) is 6.13. The molecule has 0 amide bonds. The van der Waals surface area contributed by atoms with Crippen LogP contribution in [-0.4, -0.2) is 29.2 Å². The molecule has 0 aliphatic carbocycles. The molecule has 1 saturated heterocycles. The van der Waals surface area contributed by atoms with Gasteiger partial charge in [0, 0.05) is 36.5 Å². The highest BCUT2D eigenvalue weighted by Crippen LogP contribution is 2.24. The van der Waals surface area contributed by atoms with E-state index in [-0.39, 0.29) is 0 Å². The van der Waals surface area contributed by atoms with Crippen molar-refractivity contribution in [3.05, 3.63) is 29.9 Å². The number of hydrogen-bond acceptors (Lipinski definition) is 5. The molecular weight excluding hydrogens is 246 g/mol. The van der Waals surface area contributed by atoms with Gasteiger partial charge in [-0.2, -0.15) is 0 Å². The summed E-state index contributed by atoms with van der Waals surface area (Å²) in [6.07, 6.45) is 6.26. The minimum atomic E-state index is 0.343. The van der Waals surface area contributed by atoms with Crippen LogP contribution in [0, 0.1) is 0 Å².